The Bertz CT molecular complexity index is 669. The van der Waals surface area contributed by atoms with Gasteiger partial charge in [-0.1, -0.05) is 11.8 Å². The fraction of sp³-hybridized carbons (Fsp3) is 0.154. The molecule has 0 aliphatic rings. The fourth-order valence-corrected chi connectivity index (χ4v) is 3.75. The van der Waals surface area contributed by atoms with Gasteiger partial charge in [-0.2, -0.15) is 0 Å². The molecule has 2 aromatic rings. The predicted molar refractivity (Wildman–Crippen MR) is 79.6 cm³/mol. The van der Waals surface area contributed by atoms with Crippen molar-refractivity contribution in [3.63, 3.8) is 0 Å². The lowest BCUT2D eigenvalue weighted by Crippen LogP contribution is -2.16. The minimum Gasteiger partial charge on any atom is -0.406 e. The molecule has 0 aliphatic carbocycles. The number of hydrogen-bond donors (Lipinski definition) is 2. The lowest BCUT2D eigenvalue weighted by atomic mass is 10.3. The van der Waals surface area contributed by atoms with E-state index in [1.165, 1.54) is 47.4 Å². The van der Waals surface area contributed by atoms with Crippen molar-refractivity contribution in [3.8, 4) is 5.75 Å². The molecule has 1 amide bonds. The van der Waals surface area contributed by atoms with Crippen LogP contribution in [0.4, 0.5) is 18.2 Å². The van der Waals surface area contributed by atoms with E-state index in [1.807, 2.05) is 0 Å². The minimum atomic E-state index is -4.71. The Balaban J connectivity index is 2.12. The summed E-state index contributed by atoms with van der Waals surface area (Å²) in [5.74, 6) is -0.821. The highest BCUT2D eigenvalue weighted by Gasteiger charge is 2.30. The monoisotopic (exact) mass is 348 g/mol. The number of primary amides is 1. The topological polar surface area (TPSA) is 64.3 Å². The van der Waals surface area contributed by atoms with Crippen LogP contribution in [0.5, 0.6) is 5.75 Å². The van der Waals surface area contributed by atoms with Crippen LogP contribution in [0, 0.1) is 0 Å². The number of thiophene rings is 1. The highest BCUT2D eigenvalue weighted by atomic mass is 32.2. The van der Waals surface area contributed by atoms with E-state index in [9.17, 15) is 18.0 Å². The number of carbonyl (C=O) groups is 1. The third-order valence-electron chi connectivity index (χ3n) is 2.48. The van der Waals surface area contributed by atoms with Gasteiger partial charge in [0.15, 0.2) is 0 Å². The summed E-state index contributed by atoms with van der Waals surface area (Å²) in [6.07, 6.45) is -4.71. The molecule has 0 unspecified atom stereocenters. The van der Waals surface area contributed by atoms with Crippen molar-refractivity contribution >= 4 is 34.0 Å². The van der Waals surface area contributed by atoms with Gasteiger partial charge in [0.25, 0.3) is 5.91 Å². The lowest BCUT2D eigenvalue weighted by Gasteiger charge is -2.08. The molecular weight excluding hydrogens is 337 g/mol. The van der Waals surface area contributed by atoms with Crippen molar-refractivity contribution in [3.05, 3.63) is 35.9 Å². The SMILES string of the molecule is CNc1sc(Sc2ccc(OC(F)(F)F)cc2)cc1C(N)=O. The number of halogens is 3. The summed E-state index contributed by atoms with van der Waals surface area (Å²) in [4.78, 5) is 12.0. The van der Waals surface area contributed by atoms with E-state index in [-0.39, 0.29) is 5.75 Å². The molecule has 2 rings (SSSR count). The lowest BCUT2D eigenvalue weighted by molar-refractivity contribution is -0.274. The summed E-state index contributed by atoms with van der Waals surface area (Å²) in [7, 11) is 1.68. The molecule has 1 aromatic heterocycles. The average Bonchev–Trinajstić information content (AvgIpc) is 2.82. The Morgan fingerprint density at radius 1 is 1.32 bits per heavy atom. The number of hydrogen-bond acceptors (Lipinski definition) is 5. The van der Waals surface area contributed by atoms with Gasteiger partial charge in [-0.05, 0) is 30.3 Å². The van der Waals surface area contributed by atoms with E-state index in [2.05, 4.69) is 10.1 Å². The van der Waals surface area contributed by atoms with Crippen LogP contribution < -0.4 is 15.8 Å². The second kappa shape index (κ2) is 6.49. The zero-order valence-electron chi connectivity index (χ0n) is 11.2. The third kappa shape index (κ3) is 4.31. The highest BCUT2D eigenvalue weighted by molar-refractivity contribution is 8.01. The van der Waals surface area contributed by atoms with Crippen LogP contribution in [0.15, 0.2) is 39.4 Å². The van der Waals surface area contributed by atoms with E-state index in [1.54, 1.807) is 13.1 Å². The summed E-state index contributed by atoms with van der Waals surface area (Å²) >= 11 is 2.65. The molecule has 0 bridgehead atoms. The first-order chi connectivity index (χ1) is 10.3. The van der Waals surface area contributed by atoms with Gasteiger partial charge in [-0.15, -0.1) is 24.5 Å². The maximum absolute atomic E-state index is 12.1. The maximum Gasteiger partial charge on any atom is 0.573 e. The standard InChI is InChI=1S/C13H11F3N2O2S2/c1-18-12-9(11(17)19)6-10(22-12)21-8-4-2-7(3-5-8)20-13(14,15)16/h2-6,18H,1H3,(H2,17,19). The highest BCUT2D eigenvalue weighted by Crippen LogP contribution is 2.39. The number of amides is 1. The Labute approximate surface area is 132 Å². The predicted octanol–water partition coefficient (Wildman–Crippen LogP) is 3.94. The number of nitrogens with two attached hydrogens (primary N) is 1. The molecule has 0 aliphatic heterocycles. The molecule has 1 heterocycles. The normalized spacial score (nSPS) is 11.3. The van der Waals surface area contributed by atoms with E-state index in [4.69, 9.17) is 5.73 Å². The van der Waals surface area contributed by atoms with Crippen LogP contribution >= 0.6 is 23.1 Å². The van der Waals surface area contributed by atoms with Gasteiger partial charge in [0, 0.05) is 11.9 Å². The summed E-state index contributed by atoms with van der Waals surface area (Å²) in [5.41, 5.74) is 5.65. The molecule has 22 heavy (non-hydrogen) atoms. The first kappa shape index (κ1) is 16.5. The summed E-state index contributed by atoms with van der Waals surface area (Å²) in [6.45, 7) is 0. The van der Waals surface area contributed by atoms with Gasteiger partial charge >= 0.3 is 6.36 Å². The molecule has 0 saturated heterocycles. The third-order valence-corrected chi connectivity index (χ3v) is 4.75. The van der Waals surface area contributed by atoms with Crippen molar-refractivity contribution in [2.24, 2.45) is 5.73 Å². The largest absolute Gasteiger partial charge is 0.573 e. The molecule has 0 spiro atoms. The number of nitrogens with one attached hydrogen (secondary N) is 1. The van der Waals surface area contributed by atoms with Crippen LogP contribution in [0.1, 0.15) is 10.4 Å². The van der Waals surface area contributed by atoms with Crippen molar-refractivity contribution in [1.29, 1.82) is 0 Å². The summed E-state index contributed by atoms with van der Waals surface area (Å²) < 4.78 is 40.8. The number of alkyl halides is 3. The summed E-state index contributed by atoms with van der Waals surface area (Å²) in [5, 5.41) is 3.52. The summed E-state index contributed by atoms with van der Waals surface area (Å²) in [6, 6.07) is 7.13. The van der Waals surface area contributed by atoms with E-state index < -0.39 is 12.3 Å². The zero-order chi connectivity index (χ0) is 16.3. The van der Waals surface area contributed by atoms with Gasteiger partial charge in [0.05, 0.1) is 9.77 Å². The van der Waals surface area contributed by atoms with E-state index >= 15 is 0 Å². The molecule has 4 nitrogen and oxygen atoms in total. The number of anilines is 1. The molecule has 1 aromatic carbocycles. The van der Waals surface area contributed by atoms with Gasteiger partial charge in [-0.25, -0.2) is 0 Å². The minimum absolute atomic E-state index is 0.281. The number of carbonyl (C=O) groups excluding carboxylic acids is 1. The molecular formula is C13H11F3N2O2S2. The Kier molecular flexibility index (Phi) is 4.87. The Morgan fingerprint density at radius 2 is 1.95 bits per heavy atom. The van der Waals surface area contributed by atoms with Crippen molar-refractivity contribution in [2.45, 2.75) is 15.5 Å². The van der Waals surface area contributed by atoms with Crippen LogP contribution in [-0.4, -0.2) is 19.3 Å². The molecule has 3 N–H and O–H groups in total. The molecule has 0 saturated carbocycles. The number of ether oxygens (including phenoxy) is 1. The van der Waals surface area contributed by atoms with Crippen molar-refractivity contribution < 1.29 is 22.7 Å². The second-order valence-electron chi connectivity index (χ2n) is 4.04. The van der Waals surface area contributed by atoms with Crippen molar-refractivity contribution in [1.82, 2.24) is 0 Å². The van der Waals surface area contributed by atoms with E-state index in [0.717, 1.165) is 9.10 Å². The molecule has 0 atom stereocenters. The van der Waals surface area contributed by atoms with E-state index in [0.29, 0.717) is 10.6 Å². The Hall–Kier alpha value is -1.87. The molecule has 9 heteroatoms. The smallest absolute Gasteiger partial charge is 0.406 e. The second-order valence-corrected chi connectivity index (χ2v) is 6.47. The molecule has 0 fully saturated rings. The van der Waals surface area contributed by atoms with Crippen molar-refractivity contribution in [2.75, 3.05) is 12.4 Å². The first-order valence-electron chi connectivity index (χ1n) is 5.93. The first-order valence-corrected chi connectivity index (χ1v) is 7.57. The molecule has 0 radical (unpaired) electrons. The fourth-order valence-electron chi connectivity index (χ4n) is 1.61. The Morgan fingerprint density at radius 3 is 2.41 bits per heavy atom. The number of benzene rings is 1. The molecule has 118 valence electrons. The van der Waals surface area contributed by atoms with Gasteiger partial charge < -0.3 is 15.8 Å². The van der Waals surface area contributed by atoms with Crippen LogP contribution in [-0.2, 0) is 0 Å². The average molecular weight is 348 g/mol. The van der Waals surface area contributed by atoms with Gasteiger partial charge in [0.1, 0.15) is 10.8 Å². The van der Waals surface area contributed by atoms with Crippen LogP contribution in [0.25, 0.3) is 0 Å². The maximum atomic E-state index is 12.1. The van der Waals surface area contributed by atoms with Crippen LogP contribution in [0.2, 0.25) is 0 Å². The van der Waals surface area contributed by atoms with Gasteiger partial charge in [0.2, 0.25) is 0 Å². The quantitative estimate of drug-likeness (QED) is 0.859. The zero-order valence-corrected chi connectivity index (χ0v) is 12.9. The number of rotatable bonds is 5. The van der Waals surface area contributed by atoms with Crippen LogP contribution in [0.3, 0.4) is 0 Å². The van der Waals surface area contributed by atoms with Gasteiger partial charge in [-0.3, -0.25) is 4.79 Å².